The van der Waals surface area contributed by atoms with Gasteiger partial charge >= 0.3 is 0 Å². The first-order chi connectivity index (χ1) is 7.36. The lowest BCUT2D eigenvalue weighted by Gasteiger charge is -2.22. The largest absolute Gasteiger partial charge is 0.381 e. The number of hydrogen-bond donors (Lipinski definition) is 1. The number of nitrogens with one attached hydrogen (secondary N) is 1. The van der Waals surface area contributed by atoms with Gasteiger partial charge in [0, 0.05) is 13.2 Å². The van der Waals surface area contributed by atoms with E-state index in [2.05, 4.69) is 5.32 Å². The van der Waals surface area contributed by atoms with Crippen LogP contribution >= 0.6 is 0 Å². The molecule has 3 heteroatoms. The Kier molecular flexibility index (Phi) is 4.01. The minimum atomic E-state index is 0.119. The average Bonchev–Trinajstić information content (AvgIpc) is 2.81. The van der Waals surface area contributed by atoms with E-state index in [1.165, 1.54) is 32.1 Å². The van der Waals surface area contributed by atoms with Gasteiger partial charge in [0.15, 0.2) is 0 Å². The summed E-state index contributed by atoms with van der Waals surface area (Å²) in [5.74, 6) is 1.05. The van der Waals surface area contributed by atoms with Gasteiger partial charge in [-0.25, -0.2) is 0 Å². The highest BCUT2D eigenvalue weighted by Gasteiger charge is 2.24. The maximum absolute atomic E-state index is 11.7. The molecule has 1 saturated carbocycles. The van der Waals surface area contributed by atoms with Gasteiger partial charge in [-0.05, 0) is 25.2 Å². The quantitative estimate of drug-likeness (QED) is 0.772. The minimum absolute atomic E-state index is 0.119. The summed E-state index contributed by atoms with van der Waals surface area (Å²) in [7, 11) is 0. The molecule has 0 radical (unpaired) electrons. The van der Waals surface area contributed by atoms with Crippen molar-refractivity contribution in [3.8, 4) is 0 Å². The summed E-state index contributed by atoms with van der Waals surface area (Å²) in [5.41, 5.74) is 0. The Labute approximate surface area is 91.6 Å². The van der Waals surface area contributed by atoms with Crippen LogP contribution in [0.2, 0.25) is 0 Å². The Bertz CT molecular complexity index is 206. The van der Waals surface area contributed by atoms with Crippen molar-refractivity contribution in [3.63, 3.8) is 0 Å². The summed E-state index contributed by atoms with van der Waals surface area (Å²) in [4.78, 5) is 11.7. The fraction of sp³-hybridized carbons (Fsp3) is 0.917. The third kappa shape index (κ3) is 3.20. The molecule has 1 saturated heterocycles. The molecule has 0 bridgehead atoms. The molecule has 0 aromatic carbocycles. The van der Waals surface area contributed by atoms with Gasteiger partial charge < -0.3 is 10.1 Å². The zero-order chi connectivity index (χ0) is 10.5. The first-order valence-corrected chi connectivity index (χ1v) is 6.21. The molecular formula is C12H21NO2. The highest BCUT2D eigenvalue weighted by Crippen LogP contribution is 2.23. The van der Waals surface area contributed by atoms with Gasteiger partial charge in [-0.2, -0.15) is 0 Å². The van der Waals surface area contributed by atoms with Crippen LogP contribution in [-0.4, -0.2) is 25.7 Å². The Morgan fingerprint density at radius 1 is 1.20 bits per heavy atom. The van der Waals surface area contributed by atoms with Crippen LogP contribution in [-0.2, 0) is 9.53 Å². The third-order valence-electron chi connectivity index (χ3n) is 3.59. The lowest BCUT2D eigenvalue weighted by Crippen LogP contribution is -2.35. The highest BCUT2D eigenvalue weighted by atomic mass is 16.5. The number of ether oxygens (including phenoxy) is 1. The average molecular weight is 211 g/mol. The maximum atomic E-state index is 11.7. The molecule has 2 aliphatic rings. The topological polar surface area (TPSA) is 38.3 Å². The monoisotopic (exact) mass is 211 g/mol. The lowest BCUT2D eigenvalue weighted by atomic mass is 9.89. The Balaban J connectivity index is 1.65. The zero-order valence-corrected chi connectivity index (χ0v) is 9.34. The van der Waals surface area contributed by atoms with E-state index in [4.69, 9.17) is 4.74 Å². The number of hydrogen-bond acceptors (Lipinski definition) is 2. The summed E-state index contributed by atoms with van der Waals surface area (Å²) in [6.45, 7) is 2.26. The van der Waals surface area contributed by atoms with Gasteiger partial charge in [0.05, 0.1) is 12.5 Å². The fourth-order valence-electron chi connectivity index (χ4n) is 2.52. The second-order valence-corrected chi connectivity index (χ2v) is 4.81. The van der Waals surface area contributed by atoms with Crippen molar-refractivity contribution in [3.05, 3.63) is 0 Å². The second kappa shape index (κ2) is 5.50. The van der Waals surface area contributed by atoms with E-state index in [1.807, 2.05) is 0 Å². The Morgan fingerprint density at radius 3 is 2.67 bits per heavy atom. The molecule has 1 amide bonds. The van der Waals surface area contributed by atoms with E-state index in [0.717, 1.165) is 25.5 Å². The van der Waals surface area contributed by atoms with Gasteiger partial charge in [0.25, 0.3) is 0 Å². The van der Waals surface area contributed by atoms with Crippen LogP contribution in [0.15, 0.2) is 0 Å². The van der Waals surface area contributed by atoms with E-state index in [0.29, 0.717) is 6.61 Å². The van der Waals surface area contributed by atoms with Crippen LogP contribution in [0.4, 0.5) is 0 Å². The molecule has 86 valence electrons. The van der Waals surface area contributed by atoms with Crippen LogP contribution in [0, 0.1) is 11.8 Å². The lowest BCUT2D eigenvalue weighted by molar-refractivity contribution is -0.125. The third-order valence-corrected chi connectivity index (χ3v) is 3.59. The molecule has 2 fully saturated rings. The van der Waals surface area contributed by atoms with Crippen molar-refractivity contribution in [2.75, 3.05) is 19.8 Å². The standard InChI is InChI=1S/C12H21NO2/c14-12(11-6-7-15-9-11)13-8-10-4-2-1-3-5-10/h10-11H,1-9H2,(H,13,14). The smallest absolute Gasteiger partial charge is 0.225 e. The molecule has 15 heavy (non-hydrogen) atoms. The first-order valence-electron chi connectivity index (χ1n) is 6.21. The van der Waals surface area contributed by atoms with Gasteiger partial charge in [0.1, 0.15) is 0 Å². The van der Waals surface area contributed by atoms with Crippen LogP contribution in [0.1, 0.15) is 38.5 Å². The Hall–Kier alpha value is -0.570. The molecule has 0 aromatic heterocycles. The van der Waals surface area contributed by atoms with Crippen molar-refractivity contribution in [1.82, 2.24) is 5.32 Å². The molecule has 3 nitrogen and oxygen atoms in total. The van der Waals surface area contributed by atoms with Crippen LogP contribution in [0.5, 0.6) is 0 Å². The molecule has 1 aliphatic carbocycles. The zero-order valence-electron chi connectivity index (χ0n) is 9.34. The predicted molar refractivity (Wildman–Crippen MR) is 58.5 cm³/mol. The van der Waals surface area contributed by atoms with Gasteiger partial charge in [-0.15, -0.1) is 0 Å². The van der Waals surface area contributed by atoms with Crippen molar-refractivity contribution in [1.29, 1.82) is 0 Å². The van der Waals surface area contributed by atoms with Gasteiger partial charge in [-0.1, -0.05) is 19.3 Å². The molecule has 1 N–H and O–H groups in total. The van der Waals surface area contributed by atoms with Crippen molar-refractivity contribution in [2.24, 2.45) is 11.8 Å². The fourth-order valence-corrected chi connectivity index (χ4v) is 2.52. The van der Waals surface area contributed by atoms with E-state index >= 15 is 0 Å². The summed E-state index contributed by atoms with van der Waals surface area (Å²) in [6.07, 6.45) is 7.54. The molecule has 1 atom stereocenters. The second-order valence-electron chi connectivity index (χ2n) is 4.81. The van der Waals surface area contributed by atoms with Crippen molar-refractivity contribution < 1.29 is 9.53 Å². The SMILES string of the molecule is O=C(NCC1CCCCC1)C1CCOC1. The number of carbonyl (C=O) groups is 1. The number of carbonyl (C=O) groups excluding carboxylic acids is 1. The van der Waals surface area contributed by atoms with Crippen molar-refractivity contribution in [2.45, 2.75) is 38.5 Å². The predicted octanol–water partition coefficient (Wildman–Crippen LogP) is 1.72. The summed E-state index contributed by atoms with van der Waals surface area (Å²) < 4.78 is 5.21. The van der Waals surface area contributed by atoms with Crippen molar-refractivity contribution >= 4 is 5.91 Å². The van der Waals surface area contributed by atoms with Crippen LogP contribution in [0.25, 0.3) is 0 Å². The summed E-state index contributed by atoms with van der Waals surface area (Å²) >= 11 is 0. The number of amides is 1. The molecular weight excluding hydrogens is 190 g/mol. The molecule has 1 aliphatic heterocycles. The van der Waals surface area contributed by atoms with E-state index < -0.39 is 0 Å². The normalized spacial score (nSPS) is 27.9. The molecule has 0 spiro atoms. The summed E-state index contributed by atoms with van der Waals surface area (Å²) in [6, 6.07) is 0. The van der Waals surface area contributed by atoms with Gasteiger partial charge in [0.2, 0.25) is 5.91 Å². The van der Waals surface area contributed by atoms with E-state index in [-0.39, 0.29) is 11.8 Å². The maximum Gasteiger partial charge on any atom is 0.225 e. The molecule has 0 aromatic rings. The highest BCUT2D eigenvalue weighted by molar-refractivity contribution is 5.78. The summed E-state index contributed by atoms with van der Waals surface area (Å²) in [5, 5.41) is 3.08. The molecule has 1 heterocycles. The van der Waals surface area contributed by atoms with Gasteiger partial charge in [-0.3, -0.25) is 4.79 Å². The Morgan fingerprint density at radius 2 is 2.00 bits per heavy atom. The molecule has 1 unspecified atom stereocenters. The number of rotatable bonds is 3. The minimum Gasteiger partial charge on any atom is -0.381 e. The van der Waals surface area contributed by atoms with E-state index in [1.54, 1.807) is 0 Å². The van der Waals surface area contributed by atoms with E-state index in [9.17, 15) is 4.79 Å². The molecule has 2 rings (SSSR count). The van der Waals surface area contributed by atoms with Crippen LogP contribution in [0.3, 0.4) is 0 Å². The first kappa shape index (κ1) is 10.9. The van der Waals surface area contributed by atoms with Crippen LogP contribution < -0.4 is 5.32 Å².